The fourth-order valence-electron chi connectivity index (χ4n) is 2.37. The van der Waals surface area contributed by atoms with Crippen molar-refractivity contribution in [2.45, 2.75) is 30.9 Å². The highest BCUT2D eigenvalue weighted by Crippen LogP contribution is 2.29. The van der Waals surface area contributed by atoms with Crippen molar-refractivity contribution in [2.75, 3.05) is 7.11 Å². The highest BCUT2D eigenvalue weighted by atomic mass is 32.2. The van der Waals surface area contributed by atoms with Crippen LogP contribution in [0.5, 0.6) is 11.5 Å². The standard InChI is InChI=1S/C19H19FN2O3S/c1-12-4-9-17(23-3)14(10-12)11-26-19-22-21-18(25-19)13(2)24-16-7-5-15(20)6-8-16/h4-10,13H,11H2,1-3H3. The van der Waals surface area contributed by atoms with Gasteiger partial charge in [0.15, 0.2) is 6.10 Å². The van der Waals surface area contributed by atoms with Gasteiger partial charge in [-0.25, -0.2) is 4.39 Å². The fourth-order valence-corrected chi connectivity index (χ4v) is 3.12. The van der Waals surface area contributed by atoms with Crippen LogP contribution in [0, 0.1) is 12.7 Å². The number of benzene rings is 2. The average Bonchev–Trinajstić information content (AvgIpc) is 3.11. The van der Waals surface area contributed by atoms with Crippen LogP contribution in [-0.4, -0.2) is 17.3 Å². The summed E-state index contributed by atoms with van der Waals surface area (Å²) in [5, 5.41) is 8.54. The van der Waals surface area contributed by atoms with Gasteiger partial charge in [0.2, 0.25) is 0 Å². The molecule has 0 bridgehead atoms. The van der Waals surface area contributed by atoms with Gasteiger partial charge in [-0.3, -0.25) is 0 Å². The Labute approximate surface area is 155 Å². The predicted octanol–water partition coefficient (Wildman–Crippen LogP) is 4.96. The van der Waals surface area contributed by atoms with Gasteiger partial charge in [-0.1, -0.05) is 29.5 Å². The molecule has 5 nitrogen and oxygen atoms in total. The molecule has 2 aromatic carbocycles. The zero-order valence-corrected chi connectivity index (χ0v) is 15.5. The Kier molecular flexibility index (Phi) is 5.78. The Morgan fingerprint density at radius 3 is 2.65 bits per heavy atom. The highest BCUT2D eigenvalue weighted by Gasteiger charge is 2.16. The van der Waals surface area contributed by atoms with Crippen LogP contribution in [0.1, 0.15) is 30.0 Å². The van der Waals surface area contributed by atoms with Crippen molar-refractivity contribution in [1.29, 1.82) is 0 Å². The SMILES string of the molecule is COc1ccc(C)cc1CSc1nnc(C(C)Oc2ccc(F)cc2)o1. The second-order valence-electron chi connectivity index (χ2n) is 5.72. The molecular weight excluding hydrogens is 355 g/mol. The number of rotatable bonds is 7. The van der Waals surface area contributed by atoms with Crippen LogP contribution in [0.15, 0.2) is 52.1 Å². The van der Waals surface area contributed by atoms with E-state index in [-0.39, 0.29) is 5.82 Å². The first-order chi connectivity index (χ1) is 12.5. The summed E-state index contributed by atoms with van der Waals surface area (Å²) in [5.74, 6) is 2.08. The number of hydrogen-bond donors (Lipinski definition) is 0. The second kappa shape index (κ2) is 8.23. The number of methoxy groups -OCH3 is 1. The highest BCUT2D eigenvalue weighted by molar-refractivity contribution is 7.98. The maximum atomic E-state index is 12.9. The second-order valence-corrected chi connectivity index (χ2v) is 6.65. The summed E-state index contributed by atoms with van der Waals surface area (Å²) < 4.78 is 29.7. The van der Waals surface area contributed by atoms with E-state index < -0.39 is 6.10 Å². The molecule has 1 heterocycles. The molecule has 1 atom stereocenters. The van der Waals surface area contributed by atoms with Gasteiger partial charge >= 0.3 is 0 Å². The van der Waals surface area contributed by atoms with Crippen LogP contribution in [0.2, 0.25) is 0 Å². The van der Waals surface area contributed by atoms with Gasteiger partial charge in [0, 0.05) is 11.3 Å². The minimum atomic E-state index is -0.434. The van der Waals surface area contributed by atoms with Gasteiger partial charge in [0.1, 0.15) is 17.3 Å². The summed E-state index contributed by atoms with van der Waals surface area (Å²) in [4.78, 5) is 0. The van der Waals surface area contributed by atoms with Crippen molar-refractivity contribution >= 4 is 11.8 Å². The third-order valence-corrected chi connectivity index (χ3v) is 4.55. The topological polar surface area (TPSA) is 57.4 Å². The number of nitrogens with zero attached hydrogens (tertiary/aromatic N) is 2. The third-order valence-electron chi connectivity index (χ3n) is 3.68. The number of thioether (sulfide) groups is 1. The largest absolute Gasteiger partial charge is 0.496 e. The number of aryl methyl sites for hydroxylation is 1. The van der Waals surface area contributed by atoms with Crippen LogP contribution < -0.4 is 9.47 Å². The van der Waals surface area contributed by atoms with Crippen molar-refractivity contribution in [3.63, 3.8) is 0 Å². The average molecular weight is 374 g/mol. The number of halogens is 1. The summed E-state index contributed by atoms with van der Waals surface area (Å²) in [6.45, 7) is 3.84. The van der Waals surface area contributed by atoms with Gasteiger partial charge in [-0.05, 0) is 44.2 Å². The molecule has 3 aromatic rings. The maximum Gasteiger partial charge on any atom is 0.277 e. The quantitative estimate of drug-likeness (QED) is 0.545. The summed E-state index contributed by atoms with van der Waals surface area (Å²) >= 11 is 1.43. The van der Waals surface area contributed by atoms with Gasteiger partial charge in [0.25, 0.3) is 11.1 Å². The van der Waals surface area contributed by atoms with Crippen molar-refractivity contribution in [3.05, 3.63) is 65.3 Å². The summed E-state index contributed by atoms with van der Waals surface area (Å²) in [7, 11) is 1.65. The Bertz CT molecular complexity index is 867. The molecule has 136 valence electrons. The van der Waals surface area contributed by atoms with E-state index >= 15 is 0 Å². The van der Waals surface area contributed by atoms with Crippen molar-refractivity contribution < 1.29 is 18.3 Å². The zero-order valence-electron chi connectivity index (χ0n) is 14.7. The lowest BCUT2D eigenvalue weighted by molar-refractivity contribution is 0.181. The molecule has 0 amide bonds. The van der Waals surface area contributed by atoms with E-state index in [4.69, 9.17) is 13.9 Å². The van der Waals surface area contributed by atoms with Crippen molar-refractivity contribution in [2.24, 2.45) is 0 Å². The van der Waals surface area contributed by atoms with E-state index in [0.29, 0.717) is 22.6 Å². The molecule has 0 N–H and O–H groups in total. The maximum absolute atomic E-state index is 12.9. The summed E-state index contributed by atoms with van der Waals surface area (Å²) in [6.07, 6.45) is -0.434. The van der Waals surface area contributed by atoms with Crippen LogP contribution in [0.3, 0.4) is 0 Å². The fraction of sp³-hybridized carbons (Fsp3) is 0.263. The minimum Gasteiger partial charge on any atom is -0.496 e. The molecule has 26 heavy (non-hydrogen) atoms. The third kappa shape index (κ3) is 4.54. The van der Waals surface area contributed by atoms with E-state index in [2.05, 4.69) is 16.3 Å². The summed E-state index contributed by atoms with van der Waals surface area (Å²) in [5.41, 5.74) is 2.22. The van der Waals surface area contributed by atoms with E-state index in [1.165, 1.54) is 23.9 Å². The minimum absolute atomic E-state index is 0.312. The molecule has 0 fully saturated rings. The monoisotopic (exact) mass is 374 g/mol. The molecule has 0 aliphatic rings. The number of hydrogen-bond acceptors (Lipinski definition) is 6. The van der Waals surface area contributed by atoms with Crippen LogP contribution >= 0.6 is 11.8 Å². The molecule has 0 saturated carbocycles. The van der Waals surface area contributed by atoms with E-state index in [9.17, 15) is 4.39 Å². The molecule has 0 spiro atoms. The first-order valence-electron chi connectivity index (χ1n) is 8.07. The summed E-state index contributed by atoms with van der Waals surface area (Å²) in [6, 6.07) is 11.8. The lowest BCUT2D eigenvalue weighted by Crippen LogP contribution is -2.03. The lowest BCUT2D eigenvalue weighted by Gasteiger charge is -2.10. The van der Waals surface area contributed by atoms with Gasteiger partial charge in [-0.15, -0.1) is 10.2 Å². The van der Waals surface area contributed by atoms with Crippen molar-refractivity contribution in [3.8, 4) is 11.5 Å². The molecule has 0 radical (unpaired) electrons. The normalized spacial score (nSPS) is 12.0. The predicted molar refractivity (Wildman–Crippen MR) is 97.0 cm³/mol. The Morgan fingerprint density at radius 1 is 1.15 bits per heavy atom. The van der Waals surface area contributed by atoms with E-state index in [0.717, 1.165) is 16.9 Å². The number of ether oxygens (including phenoxy) is 2. The smallest absolute Gasteiger partial charge is 0.277 e. The Hall–Kier alpha value is -2.54. The molecule has 0 aliphatic carbocycles. The molecular formula is C19H19FN2O3S. The van der Waals surface area contributed by atoms with Gasteiger partial charge in [-0.2, -0.15) is 0 Å². The lowest BCUT2D eigenvalue weighted by atomic mass is 10.1. The molecule has 1 unspecified atom stereocenters. The zero-order chi connectivity index (χ0) is 18.5. The van der Waals surface area contributed by atoms with E-state index in [1.54, 1.807) is 26.2 Å². The van der Waals surface area contributed by atoms with E-state index in [1.807, 2.05) is 19.1 Å². The van der Waals surface area contributed by atoms with Gasteiger partial charge in [0.05, 0.1) is 7.11 Å². The van der Waals surface area contributed by atoms with Crippen LogP contribution in [0.4, 0.5) is 4.39 Å². The first kappa shape index (κ1) is 18.3. The molecule has 3 rings (SSSR count). The van der Waals surface area contributed by atoms with Crippen LogP contribution in [-0.2, 0) is 5.75 Å². The number of aromatic nitrogens is 2. The van der Waals surface area contributed by atoms with Gasteiger partial charge < -0.3 is 13.9 Å². The van der Waals surface area contributed by atoms with Crippen LogP contribution in [0.25, 0.3) is 0 Å². The van der Waals surface area contributed by atoms with Crippen molar-refractivity contribution in [1.82, 2.24) is 10.2 Å². The molecule has 7 heteroatoms. The Balaban J connectivity index is 1.62. The Morgan fingerprint density at radius 2 is 1.92 bits per heavy atom. The molecule has 0 saturated heterocycles. The molecule has 1 aromatic heterocycles. The molecule has 0 aliphatic heterocycles. The first-order valence-corrected chi connectivity index (χ1v) is 9.05.